The van der Waals surface area contributed by atoms with E-state index in [0.29, 0.717) is 0 Å². The molecular formula is C5H12O2Pb. The quantitative estimate of drug-likeness (QED) is 0.499. The standard InChI is InChI=1S/C5H10O2.Pb.2H/c1-4(2)5(6)7-3;;;/h4H,1-3H3;;;. The Morgan fingerprint density at radius 1 is 1.50 bits per heavy atom. The molecule has 0 aromatic carbocycles. The van der Waals surface area contributed by atoms with E-state index in [1.807, 2.05) is 0 Å². The summed E-state index contributed by atoms with van der Waals surface area (Å²) < 4.78 is 4.37. The third kappa shape index (κ3) is 4.55. The molecule has 0 atom stereocenters. The van der Waals surface area contributed by atoms with Crippen molar-refractivity contribution in [3.8, 4) is 0 Å². The fraction of sp³-hybridized carbons (Fsp3) is 0.800. The van der Waals surface area contributed by atoms with Gasteiger partial charge in [-0.2, -0.15) is 0 Å². The molecule has 0 aliphatic carbocycles. The Balaban J connectivity index is 0. The van der Waals surface area contributed by atoms with E-state index in [9.17, 15) is 4.79 Å². The van der Waals surface area contributed by atoms with Gasteiger partial charge in [0.1, 0.15) is 0 Å². The van der Waals surface area contributed by atoms with E-state index in [1.165, 1.54) is 7.11 Å². The summed E-state index contributed by atoms with van der Waals surface area (Å²) in [5.41, 5.74) is 0. The zero-order chi connectivity index (χ0) is 5.86. The van der Waals surface area contributed by atoms with Gasteiger partial charge in [0, 0.05) is 0 Å². The number of methoxy groups -OCH3 is 1. The van der Waals surface area contributed by atoms with Gasteiger partial charge in [-0.15, -0.1) is 0 Å². The van der Waals surface area contributed by atoms with Gasteiger partial charge in [0.25, 0.3) is 0 Å². The first-order chi connectivity index (χ1) is 3.18. The predicted octanol–water partition coefficient (Wildman–Crippen LogP) is -0.101. The van der Waals surface area contributed by atoms with Crippen molar-refractivity contribution < 1.29 is 9.53 Å². The van der Waals surface area contributed by atoms with Crippen molar-refractivity contribution in [1.82, 2.24) is 0 Å². The second kappa shape index (κ2) is 5.53. The van der Waals surface area contributed by atoms with E-state index in [4.69, 9.17) is 0 Å². The van der Waals surface area contributed by atoms with Crippen molar-refractivity contribution >= 4 is 33.3 Å². The summed E-state index contributed by atoms with van der Waals surface area (Å²) in [5, 5.41) is 0. The van der Waals surface area contributed by atoms with Gasteiger partial charge in [-0.3, -0.25) is 4.79 Å². The van der Waals surface area contributed by atoms with Gasteiger partial charge >= 0.3 is 33.3 Å². The average molecular weight is 311 g/mol. The summed E-state index contributed by atoms with van der Waals surface area (Å²) in [5.74, 6) is -0.148. The van der Waals surface area contributed by atoms with Crippen LogP contribution in [0.5, 0.6) is 0 Å². The van der Waals surface area contributed by atoms with Crippen molar-refractivity contribution in [3.05, 3.63) is 0 Å². The molecule has 0 aliphatic heterocycles. The van der Waals surface area contributed by atoms with Gasteiger partial charge in [-0.05, 0) is 0 Å². The molecule has 0 unspecified atom stereocenters. The van der Waals surface area contributed by atoms with Crippen LogP contribution in [-0.2, 0) is 9.53 Å². The van der Waals surface area contributed by atoms with Gasteiger partial charge in [-0.1, -0.05) is 13.8 Å². The molecule has 0 heterocycles. The maximum absolute atomic E-state index is 10.3. The molecule has 0 aromatic heterocycles. The summed E-state index contributed by atoms with van der Waals surface area (Å²) in [7, 11) is 1.39. The van der Waals surface area contributed by atoms with Crippen LogP contribution in [0.3, 0.4) is 0 Å². The van der Waals surface area contributed by atoms with Crippen LogP contribution in [0.25, 0.3) is 0 Å². The molecule has 0 aromatic rings. The number of hydrogen-bond donors (Lipinski definition) is 0. The van der Waals surface area contributed by atoms with Gasteiger partial charge in [0.2, 0.25) is 0 Å². The normalized spacial score (nSPS) is 8.00. The SMILES string of the molecule is COC(=O)C(C)C.[PbH2]. The van der Waals surface area contributed by atoms with Crippen LogP contribution < -0.4 is 0 Å². The molecule has 8 heavy (non-hydrogen) atoms. The zero-order valence-corrected chi connectivity index (χ0v) is 11.1. The zero-order valence-electron chi connectivity index (χ0n) is 5.60. The summed E-state index contributed by atoms with van der Waals surface area (Å²) in [6.07, 6.45) is 0. The van der Waals surface area contributed by atoms with E-state index in [1.54, 1.807) is 13.8 Å². The Hall–Kier alpha value is 0.392. The van der Waals surface area contributed by atoms with Crippen LogP contribution in [0, 0.1) is 5.92 Å². The van der Waals surface area contributed by atoms with Crippen LogP contribution in [0.1, 0.15) is 13.8 Å². The number of esters is 1. The second-order valence-electron chi connectivity index (χ2n) is 1.68. The third-order valence-electron chi connectivity index (χ3n) is 0.673. The molecule has 0 bridgehead atoms. The summed E-state index contributed by atoms with van der Waals surface area (Å²) >= 11 is 0. The molecule has 0 amide bonds. The molecule has 3 heteroatoms. The van der Waals surface area contributed by atoms with Crippen LogP contribution in [0.15, 0.2) is 0 Å². The third-order valence-corrected chi connectivity index (χ3v) is 0.673. The molecule has 0 rings (SSSR count). The number of carbonyl (C=O) groups excluding carboxylic acids is 1. The summed E-state index contributed by atoms with van der Waals surface area (Å²) in [6, 6.07) is 0. The average Bonchev–Trinajstić information content (AvgIpc) is 1.65. The van der Waals surface area contributed by atoms with Crippen LogP contribution in [0.2, 0.25) is 0 Å². The van der Waals surface area contributed by atoms with Crippen LogP contribution in [-0.4, -0.2) is 40.4 Å². The first-order valence-electron chi connectivity index (χ1n) is 2.26. The van der Waals surface area contributed by atoms with Crippen molar-refractivity contribution in [2.75, 3.05) is 7.11 Å². The predicted molar refractivity (Wildman–Crippen MR) is 35.4 cm³/mol. The van der Waals surface area contributed by atoms with Crippen molar-refractivity contribution in [2.45, 2.75) is 13.8 Å². The molecule has 0 N–H and O–H groups in total. The van der Waals surface area contributed by atoms with E-state index < -0.39 is 0 Å². The summed E-state index contributed by atoms with van der Waals surface area (Å²) in [6.45, 7) is 3.59. The number of carbonyl (C=O) groups is 1. The first-order valence-corrected chi connectivity index (χ1v) is 2.26. The Labute approximate surface area is 69.8 Å². The molecule has 0 saturated carbocycles. The van der Waals surface area contributed by atoms with Crippen LogP contribution in [0.4, 0.5) is 0 Å². The number of ether oxygens (including phenoxy) is 1. The molecule has 0 aliphatic rings. The van der Waals surface area contributed by atoms with E-state index in [0.717, 1.165) is 0 Å². The van der Waals surface area contributed by atoms with Crippen LogP contribution >= 0.6 is 0 Å². The van der Waals surface area contributed by atoms with Crippen molar-refractivity contribution in [2.24, 2.45) is 5.92 Å². The molecule has 0 spiro atoms. The Bertz CT molecular complexity index is 70.8. The molecule has 2 nitrogen and oxygen atoms in total. The van der Waals surface area contributed by atoms with Gasteiger partial charge < -0.3 is 4.74 Å². The second-order valence-corrected chi connectivity index (χ2v) is 1.68. The molecule has 2 radical (unpaired) electrons. The molecule has 0 fully saturated rings. The number of rotatable bonds is 1. The number of hydrogen-bond acceptors (Lipinski definition) is 2. The van der Waals surface area contributed by atoms with Gasteiger partial charge in [-0.25, -0.2) is 0 Å². The monoisotopic (exact) mass is 312 g/mol. The van der Waals surface area contributed by atoms with Gasteiger partial charge in [0.15, 0.2) is 0 Å². The Morgan fingerprint density at radius 3 is 1.88 bits per heavy atom. The van der Waals surface area contributed by atoms with E-state index in [2.05, 4.69) is 4.74 Å². The van der Waals surface area contributed by atoms with Gasteiger partial charge in [0.05, 0.1) is 13.0 Å². The first kappa shape index (κ1) is 11.2. The van der Waals surface area contributed by atoms with E-state index >= 15 is 0 Å². The van der Waals surface area contributed by atoms with Crippen molar-refractivity contribution in [3.63, 3.8) is 0 Å². The van der Waals surface area contributed by atoms with E-state index in [-0.39, 0.29) is 39.2 Å². The minimum atomic E-state index is -0.153. The summed E-state index contributed by atoms with van der Waals surface area (Å²) in [4.78, 5) is 10.3. The maximum atomic E-state index is 10.3. The topological polar surface area (TPSA) is 26.3 Å². The Morgan fingerprint density at radius 2 is 1.88 bits per heavy atom. The van der Waals surface area contributed by atoms with Crippen molar-refractivity contribution in [1.29, 1.82) is 0 Å². The molecule has 48 valence electrons. The Kier molecular flexibility index (Phi) is 7.75. The molecule has 0 saturated heterocycles. The fourth-order valence-corrected chi connectivity index (χ4v) is 0.236. The molecular weight excluding hydrogens is 299 g/mol. The fourth-order valence-electron chi connectivity index (χ4n) is 0.236. The minimum absolute atomic E-state index is 0.